The average Bonchev–Trinajstić information content (AvgIpc) is 2.65. The number of fused-ring (bicyclic) bond motifs is 1. The van der Waals surface area contributed by atoms with E-state index in [1.165, 1.54) is 0 Å². The summed E-state index contributed by atoms with van der Waals surface area (Å²) in [4.78, 5) is 14.0. The fraction of sp³-hybridized carbons (Fsp3) is 0.316. The van der Waals surface area contributed by atoms with E-state index in [1.807, 2.05) is 67.5 Å². The lowest BCUT2D eigenvalue weighted by atomic mass is 10.2. The van der Waals surface area contributed by atoms with Gasteiger partial charge in [0.15, 0.2) is 17.6 Å². The molecule has 1 atom stereocenters. The smallest absolute Gasteiger partial charge is 0.315 e. The third-order valence-corrected chi connectivity index (χ3v) is 3.96. The lowest BCUT2D eigenvalue weighted by molar-refractivity contribution is 0.0918. The van der Waals surface area contributed by atoms with Gasteiger partial charge < -0.3 is 25.0 Å². The number of benzene rings is 2. The minimum absolute atomic E-state index is 0.194. The number of carbonyl (C=O) groups is 1. The second kappa shape index (κ2) is 7.79. The molecule has 0 saturated carbocycles. The highest BCUT2D eigenvalue weighted by molar-refractivity contribution is 5.73. The molecule has 2 N–H and O–H groups in total. The van der Waals surface area contributed by atoms with Gasteiger partial charge in [-0.1, -0.05) is 24.3 Å². The van der Waals surface area contributed by atoms with Gasteiger partial charge in [-0.05, 0) is 29.8 Å². The molecule has 0 bridgehead atoms. The predicted molar refractivity (Wildman–Crippen MR) is 97.4 cm³/mol. The molecule has 0 saturated heterocycles. The van der Waals surface area contributed by atoms with Gasteiger partial charge in [0.25, 0.3) is 0 Å². The summed E-state index contributed by atoms with van der Waals surface area (Å²) < 4.78 is 11.4. The average molecular weight is 341 g/mol. The van der Waals surface area contributed by atoms with Crippen molar-refractivity contribution in [2.45, 2.75) is 12.6 Å². The molecule has 2 amide bonds. The third kappa shape index (κ3) is 4.56. The first kappa shape index (κ1) is 17.0. The van der Waals surface area contributed by atoms with E-state index in [1.54, 1.807) is 0 Å². The normalized spacial score (nSPS) is 15.4. The van der Waals surface area contributed by atoms with Gasteiger partial charge in [0.2, 0.25) is 0 Å². The zero-order valence-corrected chi connectivity index (χ0v) is 14.5. The SMILES string of the molecule is CN(C)c1ccc(CNC(=O)NC[C@H]2COc3ccccc3O2)cc1. The summed E-state index contributed by atoms with van der Waals surface area (Å²) in [5.74, 6) is 1.45. The van der Waals surface area contributed by atoms with Crippen molar-refractivity contribution in [3.05, 3.63) is 54.1 Å². The summed E-state index contributed by atoms with van der Waals surface area (Å²) in [6, 6.07) is 15.4. The number of para-hydroxylation sites is 2. The van der Waals surface area contributed by atoms with E-state index in [2.05, 4.69) is 10.6 Å². The molecule has 0 aromatic heterocycles. The fourth-order valence-corrected chi connectivity index (χ4v) is 2.53. The minimum Gasteiger partial charge on any atom is -0.486 e. The first-order valence-electron chi connectivity index (χ1n) is 8.28. The molecule has 0 spiro atoms. The first-order chi connectivity index (χ1) is 12.1. The number of ether oxygens (including phenoxy) is 2. The van der Waals surface area contributed by atoms with Crippen molar-refractivity contribution in [2.75, 3.05) is 32.1 Å². The van der Waals surface area contributed by atoms with E-state index in [0.29, 0.717) is 25.4 Å². The highest BCUT2D eigenvalue weighted by Gasteiger charge is 2.20. The van der Waals surface area contributed by atoms with Crippen LogP contribution in [0.3, 0.4) is 0 Å². The number of rotatable bonds is 5. The zero-order valence-electron chi connectivity index (χ0n) is 14.5. The Hall–Kier alpha value is -2.89. The van der Waals surface area contributed by atoms with Gasteiger partial charge >= 0.3 is 6.03 Å². The molecule has 0 unspecified atom stereocenters. The van der Waals surface area contributed by atoms with Crippen LogP contribution in [-0.2, 0) is 6.54 Å². The van der Waals surface area contributed by atoms with Crippen molar-refractivity contribution in [1.82, 2.24) is 10.6 Å². The molecule has 132 valence electrons. The lowest BCUT2D eigenvalue weighted by Crippen LogP contribution is -2.44. The molecule has 0 aliphatic carbocycles. The number of hydrogen-bond acceptors (Lipinski definition) is 4. The summed E-state index contributed by atoms with van der Waals surface area (Å²) in [6.45, 7) is 1.29. The quantitative estimate of drug-likeness (QED) is 0.877. The van der Waals surface area contributed by atoms with Crippen LogP contribution in [0.4, 0.5) is 10.5 Å². The Morgan fingerprint density at radius 3 is 2.52 bits per heavy atom. The Morgan fingerprint density at radius 2 is 1.80 bits per heavy atom. The fourth-order valence-electron chi connectivity index (χ4n) is 2.53. The lowest BCUT2D eigenvalue weighted by Gasteiger charge is -2.26. The number of amides is 2. The van der Waals surface area contributed by atoms with Crippen molar-refractivity contribution in [1.29, 1.82) is 0 Å². The molecule has 25 heavy (non-hydrogen) atoms. The second-order valence-corrected chi connectivity index (χ2v) is 6.12. The van der Waals surface area contributed by atoms with Crippen LogP contribution in [0.2, 0.25) is 0 Å². The molecule has 0 fully saturated rings. The summed E-state index contributed by atoms with van der Waals surface area (Å²) in [5.41, 5.74) is 2.18. The number of anilines is 1. The van der Waals surface area contributed by atoms with Crippen LogP contribution in [0.5, 0.6) is 11.5 Å². The zero-order chi connectivity index (χ0) is 17.6. The van der Waals surface area contributed by atoms with Crippen molar-refractivity contribution in [3.8, 4) is 11.5 Å². The summed E-state index contributed by atoms with van der Waals surface area (Å²) in [6.07, 6.45) is -0.194. The Labute approximate surface area is 147 Å². The Morgan fingerprint density at radius 1 is 1.08 bits per heavy atom. The molecule has 1 aliphatic heterocycles. The van der Waals surface area contributed by atoms with E-state index in [0.717, 1.165) is 17.0 Å². The van der Waals surface area contributed by atoms with Gasteiger partial charge in [-0.2, -0.15) is 0 Å². The molecule has 1 aliphatic rings. The van der Waals surface area contributed by atoms with E-state index >= 15 is 0 Å². The van der Waals surface area contributed by atoms with Crippen LogP contribution >= 0.6 is 0 Å². The van der Waals surface area contributed by atoms with E-state index < -0.39 is 0 Å². The molecule has 1 heterocycles. The van der Waals surface area contributed by atoms with Gasteiger partial charge in [0, 0.05) is 26.3 Å². The maximum atomic E-state index is 12.0. The van der Waals surface area contributed by atoms with Gasteiger partial charge in [-0.15, -0.1) is 0 Å². The largest absolute Gasteiger partial charge is 0.486 e. The van der Waals surface area contributed by atoms with Gasteiger partial charge in [0.1, 0.15) is 6.61 Å². The van der Waals surface area contributed by atoms with Crippen LogP contribution in [-0.4, -0.2) is 39.4 Å². The van der Waals surface area contributed by atoms with Gasteiger partial charge in [-0.25, -0.2) is 4.79 Å². The van der Waals surface area contributed by atoms with Gasteiger partial charge in [-0.3, -0.25) is 0 Å². The summed E-state index contributed by atoms with van der Waals surface area (Å²) in [7, 11) is 3.99. The van der Waals surface area contributed by atoms with Crippen molar-refractivity contribution in [2.24, 2.45) is 0 Å². The monoisotopic (exact) mass is 341 g/mol. The molecule has 2 aromatic rings. The van der Waals surface area contributed by atoms with E-state index in [-0.39, 0.29) is 12.1 Å². The molecule has 3 rings (SSSR count). The maximum absolute atomic E-state index is 12.0. The number of hydrogen-bond donors (Lipinski definition) is 2. The third-order valence-electron chi connectivity index (χ3n) is 3.96. The standard InChI is InChI=1S/C19H23N3O3/c1-22(2)15-9-7-14(8-10-15)11-20-19(23)21-12-16-13-24-17-5-3-4-6-18(17)25-16/h3-10,16H,11-13H2,1-2H3,(H2,20,21,23)/t16-/m0/s1. The summed E-state index contributed by atoms with van der Waals surface area (Å²) >= 11 is 0. The Balaban J connectivity index is 1.41. The molecular formula is C19H23N3O3. The molecule has 6 nitrogen and oxygen atoms in total. The first-order valence-corrected chi connectivity index (χ1v) is 8.28. The molecular weight excluding hydrogens is 318 g/mol. The number of urea groups is 1. The highest BCUT2D eigenvalue weighted by atomic mass is 16.6. The molecule has 6 heteroatoms. The topological polar surface area (TPSA) is 62.8 Å². The van der Waals surface area contributed by atoms with E-state index in [9.17, 15) is 4.79 Å². The molecule has 0 radical (unpaired) electrons. The predicted octanol–water partition coefficient (Wildman–Crippen LogP) is 2.39. The van der Waals surface area contributed by atoms with Crippen LogP contribution in [0.1, 0.15) is 5.56 Å². The van der Waals surface area contributed by atoms with Gasteiger partial charge in [0.05, 0.1) is 6.54 Å². The van der Waals surface area contributed by atoms with Crippen LogP contribution < -0.4 is 25.0 Å². The second-order valence-electron chi connectivity index (χ2n) is 6.12. The summed E-state index contributed by atoms with van der Waals surface area (Å²) in [5, 5.41) is 5.67. The van der Waals surface area contributed by atoms with Crippen LogP contribution in [0.25, 0.3) is 0 Å². The van der Waals surface area contributed by atoms with Crippen LogP contribution in [0.15, 0.2) is 48.5 Å². The van der Waals surface area contributed by atoms with Crippen molar-refractivity contribution in [3.63, 3.8) is 0 Å². The molecule has 2 aromatic carbocycles. The Kier molecular flexibility index (Phi) is 5.28. The number of carbonyl (C=O) groups excluding carboxylic acids is 1. The van der Waals surface area contributed by atoms with Crippen LogP contribution in [0, 0.1) is 0 Å². The number of nitrogens with one attached hydrogen (secondary N) is 2. The van der Waals surface area contributed by atoms with Crippen molar-refractivity contribution < 1.29 is 14.3 Å². The maximum Gasteiger partial charge on any atom is 0.315 e. The highest BCUT2D eigenvalue weighted by Crippen LogP contribution is 2.30. The Bertz CT molecular complexity index is 716. The van der Waals surface area contributed by atoms with Crippen molar-refractivity contribution >= 4 is 11.7 Å². The minimum atomic E-state index is -0.223. The van der Waals surface area contributed by atoms with E-state index in [4.69, 9.17) is 9.47 Å². The number of nitrogens with zero attached hydrogens (tertiary/aromatic N) is 1.